The summed E-state index contributed by atoms with van der Waals surface area (Å²) in [4.78, 5) is 24.6. The number of carbonyl (C=O) groups excluding carboxylic acids is 1. The zero-order valence-corrected chi connectivity index (χ0v) is 11.8. The van der Waals surface area contributed by atoms with E-state index in [0.717, 1.165) is 11.1 Å². The van der Waals surface area contributed by atoms with E-state index in [-0.39, 0.29) is 5.78 Å². The number of allylic oxidation sites excluding steroid dienone is 1. The van der Waals surface area contributed by atoms with Crippen LogP contribution in [0, 0.1) is 0 Å². The molecule has 0 saturated carbocycles. The fourth-order valence-electron chi connectivity index (χ4n) is 1.72. The maximum atomic E-state index is 11.5. The Morgan fingerprint density at radius 1 is 1.18 bits per heavy atom. The number of hydrogen-bond donors (Lipinski definition) is 1. The molecule has 1 N–H and O–H groups in total. The minimum atomic E-state index is -1.15. The van der Waals surface area contributed by atoms with Gasteiger partial charge in [0, 0.05) is 0 Å². The molecular weight excluding hydrogens is 218 g/mol. The second kappa shape index (κ2) is 5.45. The van der Waals surface area contributed by atoms with E-state index in [0.29, 0.717) is 0 Å². The summed E-state index contributed by atoms with van der Waals surface area (Å²) in [5, 5.41) is 9.47. The Labute approximate surface area is 103 Å². The van der Waals surface area contributed by atoms with Crippen LogP contribution in [-0.2, 0) is 9.59 Å². The quantitative estimate of drug-likeness (QED) is 0.749. The van der Waals surface area contributed by atoms with Crippen LogP contribution in [0.5, 0.6) is 0 Å². The minimum Gasteiger partial charge on any atom is -0.480 e. The molecule has 0 aliphatic heterocycles. The molecule has 0 rings (SSSR count). The minimum absolute atomic E-state index is 0.0402. The Hall–Kier alpha value is -1.16. The van der Waals surface area contributed by atoms with Crippen LogP contribution in [0.3, 0.4) is 0 Å². The molecule has 0 aliphatic rings. The molecule has 0 aromatic rings. The standard InChI is InChI=1S/C13H23NO3/c1-8(2)9(3)13(6,12(16)17)14(7)10(4)11(5)15/h10H,1-7H3,(H,16,17). The van der Waals surface area contributed by atoms with Crippen molar-refractivity contribution in [1.29, 1.82) is 0 Å². The maximum Gasteiger partial charge on any atom is 0.328 e. The Kier molecular flexibility index (Phi) is 5.08. The highest BCUT2D eigenvalue weighted by Gasteiger charge is 2.42. The topological polar surface area (TPSA) is 57.6 Å². The molecule has 0 bridgehead atoms. The molecule has 4 nitrogen and oxygen atoms in total. The number of ketones is 1. The lowest BCUT2D eigenvalue weighted by atomic mass is 9.87. The Morgan fingerprint density at radius 2 is 1.59 bits per heavy atom. The van der Waals surface area contributed by atoms with Gasteiger partial charge in [-0.15, -0.1) is 0 Å². The molecule has 0 heterocycles. The van der Waals surface area contributed by atoms with Crippen molar-refractivity contribution in [2.45, 2.75) is 53.1 Å². The van der Waals surface area contributed by atoms with Crippen molar-refractivity contribution in [1.82, 2.24) is 4.90 Å². The number of aliphatic carboxylic acids is 1. The highest BCUT2D eigenvalue weighted by Crippen LogP contribution is 2.28. The maximum absolute atomic E-state index is 11.5. The highest BCUT2D eigenvalue weighted by molar-refractivity contribution is 5.86. The molecule has 2 unspecified atom stereocenters. The third-order valence-corrected chi connectivity index (χ3v) is 3.77. The van der Waals surface area contributed by atoms with E-state index in [4.69, 9.17) is 0 Å². The molecule has 0 radical (unpaired) electrons. The number of likely N-dealkylation sites (N-methyl/N-ethyl adjacent to an activating group) is 1. The Morgan fingerprint density at radius 3 is 1.82 bits per heavy atom. The fraction of sp³-hybridized carbons (Fsp3) is 0.692. The first kappa shape index (κ1) is 15.8. The first-order valence-corrected chi connectivity index (χ1v) is 5.68. The number of nitrogens with zero attached hydrogens (tertiary/aromatic N) is 1. The molecule has 0 fully saturated rings. The lowest BCUT2D eigenvalue weighted by Crippen LogP contribution is -2.56. The number of hydrogen-bond acceptors (Lipinski definition) is 3. The van der Waals surface area contributed by atoms with Crippen molar-refractivity contribution in [2.75, 3.05) is 7.05 Å². The molecule has 0 aliphatic carbocycles. The first-order valence-electron chi connectivity index (χ1n) is 5.68. The van der Waals surface area contributed by atoms with Gasteiger partial charge in [-0.1, -0.05) is 5.57 Å². The summed E-state index contributed by atoms with van der Waals surface area (Å²) in [5.74, 6) is -0.978. The van der Waals surface area contributed by atoms with Gasteiger partial charge in [-0.2, -0.15) is 0 Å². The molecule has 4 heteroatoms. The average molecular weight is 241 g/mol. The van der Waals surface area contributed by atoms with E-state index >= 15 is 0 Å². The van der Waals surface area contributed by atoms with Crippen LogP contribution in [0.2, 0.25) is 0 Å². The lowest BCUT2D eigenvalue weighted by Gasteiger charge is -2.39. The van der Waals surface area contributed by atoms with Crippen LogP contribution in [0.1, 0.15) is 41.5 Å². The second-order valence-corrected chi connectivity index (χ2v) is 4.90. The average Bonchev–Trinajstić information content (AvgIpc) is 2.23. The van der Waals surface area contributed by atoms with Crippen molar-refractivity contribution in [3.05, 3.63) is 11.1 Å². The monoisotopic (exact) mass is 241 g/mol. The number of carboxylic acid groups (broad SMARTS) is 1. The molecule has 17 heavy (non-hydrogen) atoms. The molecule has 0 aromatic carbocycles. The molecule has 0 amide bonds. The number of rotatable bonds is 5. The van der Waals surface area contributed by atoms with Crippen molar-refractivity contribution in [3.63, 3.8) is 0 Å². The van der Waals surface area contributed by atoms with Gasteiger partial charge in [-0.05, 0) is 54.2 Å². The normalized spacial score (nSPS) is 16.2. The predicted octanol–water partition coefficient (Wildman–Crippen LogP) is 2.10. The Balaban J connectivity index is 5.61. The number of carboxylic acids is 1. The van der Waals surface area contributed by atoms with Gasteiger partial charge in [0.2, 0.25) is 0 Å². The summed E-state index contributed by atoms with van der Waals surface area (Å²) in [6.45, 7) is 10.4. The third-order valence-electron chi connectivity index (χ3n) is 3.77. The van der Waals surface area contributed by atoms with Gasteiger partial charge >= 0.3 is 5.97 Å². The molecule has 98 valence electrons. The smallest absolute Gasteiger partial charge is 0.328 e. The van der Waals surface area contributed by atoms with Crippen LogP contribution in [0.25, 0.3) is 0 Å². The van der Waals surface area contributed by atoms with Gasteiger partial charge in [0.05, 0.1) is 6.04 Å². The van der Waals surface area contributed by atoms with E-state index in [2.05, 4.69) is 0 Å². The van der Waals surface area contributed by atoms with E-state index in [1.807, 2.05) is 13.8 Å². The van der Waals surface area contributed by atoms with Gasteiger partial charge in [0.15, 0.2) is 0 Å². The molecule has 0 saturated heterocycles. The van der Waals surface area contributed by atoms with Gasteiger partial charge in [0.25, 0.3) is 0 Å². The van der Waals surface area contributed by atoms with Crippen LogP contribution in [-0.4, -0.2) is 40.4 Å². The van der Waals surface area contributed by atoms with Gasteiger partial charge in [0.1, 0.15) is 11.3 Å². The largest absolute Gasteiger partial charge is 0.480 e. The van der Waals surface area contributed by atoms with Gasteiger partial charge in [-0.25, -0.2) is 4.79 Å². The molecule has 0 spiro atoms. The van der Waals surface area contributed by atoms with E-state index in [1.165, 1.54) is 6.92 Å². The van der Waals surface area contributed by atoms with E-state index in [9.17, 15) is 14.7 Å². The zero-order valence-electron chi connectivity index (χ0n) is 11.8. The van der Waals surface area contributed by atoms with Gasteiger partial charge in [-0.3, -0.25) is 9.69 Å². The molecular formula is C13H23NO3. The van der Waals surface area contributed by atoms with Crippen LogP contribution in [0.15, 0.2) is 11.1 Å². The van der Waals surface area contributed by atoms with Crippen molar-refractivity contribution >= 4 is 11.8 Å². The summed E-state index contributed by atoms with van der Waals surface area (Å²) in [6.07, 6.45) is 0. The van der Waals surface area contributed by atoms with E-state index in [1.54, 1.807) is 32.7 Å². The predicted molar refractivity (Wildman–Crippen MR) is 68.0 cm³/mol. The highest BCUT2D eigenvalue weighted by atomic mass is 16.4. The number of Topliss-reactive ketones (excluding diaryl/α,β-unsaturated/α-hetero) is 1. The SMILES string of the molecule is CC(=O)C(C)N(C)C(C)(C(=O)O)C(C)=C(C)C. The summed E-state index contributed by atoms with van der Waals surface area (Å²) in [6, 6.07) is -0.426. The summed E-state index contributed by atoms with van der Waals surface area (Å²) in [7, 11) is 1.67. The zero-order chi connectivity index (χ0) is 14.0. The Bertz CT molecular complexity index is 356. The summed E-state index contributed by atoms with van der Waals surface area (Å²) >= 11 is 0. The van der Waals surface area contributed by atoms with Crippen LogP contribution < -0.4 is 0 Å². The number of carbonyl (C=O) groups is 2. The van der Waals surface area contributed by atoms with Crippen molar-refractivity contribution in [2.24, 2.45) is 0 Å². The fourth-order valence-corrected chi connectivity index (χ4v) is 1.72. The second-order valence-electron chi connectivity index (χ2n) is 4.90. The first-order chi connectivity index (χ1) is 7.56. The van der Waals surface area contributed by atoms with Gasteiger partial charge < -0.3 is 5.11 Å². The van der Waals surface area contributed by atoms with Crippen molar-refractivity contribution in [3.8, 4) is 0 Å². The van der Waals surface area contributed by atoms with Crippen LogP contribution in [0.4, 0.5) is 0 Å². The molecule has 2 atom stereocenters. The lowest BCUT2D eigenvalue weighted by molar-refractivity contribution is -0.149. The van der Waals surface area contributed by atoms with Crippen LogP contribution >= 0.6 is 0 Å². The summed E-state index contributed by atoms with van der Waals surface area (Å²) in [5.41, 5.74) is 0.572. The van der Waals surface area contributed by atoms with E-state index < -0.39 is 17.6 Å². The van der Waals surface area contributed by atoms with Crippen molar-refractivity contribution < 1.29 is 14.7 Å². The molecule has 0 aromatic heterocycles. The summed E-state index contributed by atoms with van der Waals surface area (Å²) < 4.78 is 0. The third kappa shape index (κ3) is 2.94.